The molecule has 0 bridgehead atoms. The summed E-state index contributed by atoms with van der Waals surface area (Å²) in [6.45, 7) is 5.51. The van der Waals surface area contributed by atoms with Gasteiger partial charge in [-0.3, -0.25) is 19.4 Å². The van der Waals surface area contributed by atoms with Gasteiger partial charge in [-0.15, -0.1) is 0 Å². The molecule has 0 N–H and O–H groups in total. The second-order valence-corrected chi connectivity index (χ2v) is 5.27. The Hall–Kier alpha value is -2.63. The van der Waals surface area contributed by atoms with E-state index >= 15 is 0 Å². The second-order valence-electron chi connectivity index (χ2n) is 5.27. The zero-order chi connectivity index (χ0) is 17.1. The number of rotatable bonds is 3. The zero-order valence-electron chi connectivity index (χ0n) is 13.9. The van der Waals surface area contributed by atoms with Gasteiger partial charge >= 0.3 is 6.03 Å². The standard InChI is InChI=1S/C17H21N3O3/c1-5-20(6-2)13-11-9-7-8-10-12(13)14-15(21)18(3)17(23)19(4)16(14)22/h7-11H,5-6H2,1-4H3. The van der Waals surface area contributed by atoms with E-state index in [0.717, 1.165) is 28.6 Å². The molecule has 2 aliphatic rings. The molecule has 1 aliphatic carbocycles. The molecule has 1 heterocycles. The van der Waals surface area contributed by atoms with Gasteiger partial charge in [0.05, 0.1) is 0 Å². The van der Waals surface area contributed by atoms with Crippen LogP contribution in [0.15, 0.2) is 47.2 Å². The van der Waals surface area contributed by atoms with Crippen molar-refractivity contribution >= 4 is 17.8 Å². The second kappa shape index (κ2) is 6.64. The number of allylic oxidation sites excluding steroid dienone is 5. The summed E-state index contributed by atoms with van der Waals surface area (Å²) in [5.41, 5.74) is 1.36. The van der Waals surface area contributed by atoms with Gasteiger partial charge in [-0.1, -0.05) is 24.3 Å². The maximum absolute atomic E-state index is 12.5. The number of hydrogen-bond donors (Lipinski definition) is 0. The molecule has 0 unspecified atom stereocenters. The Labute approximate surface area is 136 Å². The van der Waals surface area contributed by atoms with Crippen molar-refractivity contribution in [1.82, 2.24) is 14.7 Å². The number of carbonyl (C=O) groups is 3. The van der Waals surface area contributed by atoms with Crippen molar-refractivity contribution in [3.63, 3.8) is 0 Å². The molecule has 0 aromatic rings. The molecule has 0 spiro atoms. The van der Waals surface area contributed by atoms with E-state index in [-0.39, 0.29) is 5.57 Å². The van der Waals surface area contributed by atoms with Crippen molar-refractivity contribution in [1.29, 1.82) is 0 Å². The molecule has 0 atom stereocenters. The van der Waals surface area contributed by atoms with Crippen molar-refractivity contribution in [3.8, 4) is 0 Å². The minimum absolute atomic E-state index is 0.0210. The van der Waals surface area contributed by atoms with Gasteiger partial charge in [0.25, 0.3) is 11.8 Å². The third kappa shape index (κ3) is 2.84. The molecule has 2 rings (SSSR count). The Kier molecular flexibility index (Phi) is 4.83. The molecule has 122 valence electrons. The molecule has 1 saturated heterocycles. The average Bonchev–Trinajstić information content (AvgIpc) is 2.79. The first-order valence-corrected chi connectivity index (χ1v) is 7.58. The highest BCUT2D eigenvalue weighted by molar-refractivity contribution is 6.29. The summed E-state index contributed by atoms with van der Waals surface area (Å²) < 4.78 is 0. The van der Waals surface area contributed by atoms with E-state index < -0.39 is 17.8 Å². The lowest BCUT2D eigenvalue weighted by Crippen LogP contribution is -2.53. The van der Waals surface area contributed by atoms with Crippen molar-refractivity contribution in [2.75, 3.05) is 27.2 Å². The number of imide groups is 2. The van der Waals surface area contributed by atoms with Crippen molar-refractivity contribution in [3.05, 3.63) is 47.2 Å². The molecular formula is C17H21N3O3. The largest absolute Gasteiger partial charge is 0.372 e. The lowest BCUT2D eigenvalue weighted by molar-refractivity contribution is -0.134. The van der Waals surface area contributed by atoms with Crippen LogP contribution < -0.4 is 0 Å². The molecule has 6 nitrogen and oxygen atoms in total. The summed E-state index contributed by atoms with van der Waals surface area (Å²) >= 11 is 0. The van der Waals surface area contributed by atoms with Gasteiger partial charge in [0.2, 0.25) is 0 Å². The molecule has 0 aromatic carbocycles. The normalized spacial score (nSPS) is 18.6. The number of barbiturate groups is 1. The van der Waals surface area contributed by atoms with Crippen LogP contribution in [0, 0.1) is 0 Å². The van der Waals surface area contributed by atoms with Gasteiger partial charge in [-0.2, -0.15) is 0 Å². The molecule has 6 heteroatoms. The maximum Gasteiger partial charge on any atom is 0.333 e. The maximum atomic E-state index is 12.5. The number of likely N-dealkylation sites (N-methyl/N-ethyl adjacent to an activating group) is 3. The van der Waals surface area contributed by atoms with Crippen LogP contribution in [0.25, 0.3) is 0 Å². The number of carbonyl (C=O) groups excluding carboxylic acids is 3. The van der Waals surface area contributed by atoms with Crippen LogP contribution in [-0.2, 0) is 9.59 Å². The topological polar surface area (TPSA) is 60.9 Å². The molecular weight excluding hydrogens is 294 g/mol. The van der Waals surface area contributed by atoms with Crippen LogP contribution in [-0.4, -0.2) is 59.7 Å². The number of nitrogens with zero attached hydrogens (tertiary/aromatic N) is 3. The monoisotopic (exact) mass is 315 g/mol. The van der Waals surface area contributed by atoms with E-state index in [1.807, 2.05) is 32.1 Å². The summed E-state index contributed by atoms with van der Waals surface area (Å²) in [6.07, 6.45) is 9.12. The van der Waals surface area contributed by atoms with Gasteiger partial charge in [0.1, 0.15) is 5.57 Å². The number of hydrogen-bond acceptors (Lipinski definition) is 4. The lowest BCUT2D eigenvalue weighted by atomic mass is 9.99. The number of urea groups is 1. The Morgan fingerprint density at radius 3 is 2.00 bits per heavy atom. The molecule has 1 fully saturated rings. The highest BCUT2D eigenvalue weighted by Crippen LogP contribution is 2.27. The van der Waals surface area contributed by atoms with E-state index in [1.54, 1.807) is 12.2 Å². The van der Waals surface area contributed by atoms with Crippen LogP contribution in [0.2, 0.25) is 0 Å². The summed E-state index contributed by atoms with van der Waals surface area (Å²) in [5.74, 6) is -1.14. The minimum Gasteiger partial charge on any atom is -0.372 e. The van der Waals surface area contributed by atoms with E-state index in [1.165, 1.54) is 14.1 Å². The fraction of sp³-hybridized carbons (Fsp3) is 0.353. The fourth-order valence-corrected chi connectivity index (χ4v) is 2.65. The van der Waals surface area contributed by atoms with Crippen LogP contribution in [0.3, 0.4) is 0 Å². The van der Waals surface area contributed by atoms with Crippen molar-refractivity contribution in [2.45, 2.75) is 13.8 Å². The molecule has 1 aliphatic heterocycles. The molecule has 0 aromatic heterocycles. The van der Waals surface area contributed by atoms with E-state index in [9.17, 15) is 14.4 Å². The van der Waals surface area contributed by atoms with Crippen LogP contribution in [0.4, 0.5) is 4.79 Å². The van der Waals surface area contributed by atoms with E-state index in [0.29, 0.717) is 5.57 Å². The Morgan fingerprint density at radius 1 is 0.913 bits per heavy atom. The molecule has 0 saturated carbocycles. The number of amides is 4. The fourth-order valence-electron chi connectivity index (χ4n) is 2.65. The van der Waals surface area contributed by atoms with E-state index in [2.05, 4.69) is 4.90 Å². The zero-order valence-corrected chi connectivity index (χ0v) is 13.9. The Bertz CT molecular complexity index is 641. The molecule has 23 heavy (non-hydrogen) atoms. The summed E-state index contributed by atoms with van der Waals surface area (Å²) in [6, 6.07) is -0.617. The molecule has 4 amide bonds. The quantitative estimate of drug-likeness (QED) is 0.587. The minimum atomic E-state index is -0.617. The van der Waals surface area contributed by atoms with Gasteiger partial charge in [-0.05, 0) is 19.9 Å². The van der Waals surface area contributed by atoms with Gasteiger partial charge in [-0.25, -0.2) is 4.79 Å². The van der Waals surface area contributed by atoms with Gasteiger partial charge < -0.3 is 4.90 Å². The lowest BCUT2D eigenvalue weighted by Gasteiger charge is -2.32. The summed E-state index contributed by atoms with van der Waals surface area (Å²) in [5, 5.41) is 0. The van der Waals surface area contributed by atoms with Crippen LogP contribution in [0.5, 0.6) is 0 Å². The average molecular weight is 315 g/mol. The third-order valence-electron chi connectivity index (χ3n) is 4.00. The smallest absolute Gasteiger partial charge is 0.333 e. The van der Waals surface area contributed by atoms with Crippen molar-refractivity contribution in [2.24, 2.45) is 0 Å². The predicted molar refractivity (Wildman–Crippen MR) is 87.2 cm³/mol. The summed E-state index contributed by atoms with van der Waals surface area (Å²) in [4.78, 5) is 41.0. The highest BCUT2D eigenvalue weighted by atomic mass is 16.2. The highest BCUT2D eigenvalue weighted by Gasteiger charge is 2.40. The van der Waals surface area contributed by atoms with Crippen molar-refractivity contribution < 1.29 is 14.4 Å². The first kappa shape index (κ1) is 16.7. The Balaban J connectivity index is 2.66. The predicted octanol–water partition coefficient (Wildman–Crippen LogP) is 1.69. The van der Waals surface area contributed by atoms with E-state index in [4.69, 9.17) is 0 Å². The van der Waals surface area contributed by atoms with Gasteiger partial charge in [0, 0.05) is 38.5 Å². The third-order valence-corrected chi connectivity index (χ3v) is 4.00. The summed E-state index contributed by atoms with van der Waals surface area (Å²) in [7, 11) is 2.77. The van der Waals surface area contributed by atoms with Gasteiger partial charge in [0.15, 0.2) is 0 Å². The van der Waals surface area contributed by atoms with Crippen LogP contribution in [0.1, 0.15) is 13.8 Å². The first-order chi connectivity index (χ1) is 10.9. The SMILES string of the molecule is CCN(CC)C1=CC=CC=CC1=C1C(=O)N(C)C(=O)N(C)C1=O. The van der Waals surface area contributed by atoms with Crippen LogP contribution >= 0.6 is 0 Å². The first-order valence-electron chi connectivity index (χ1n) is 7.58. The Morgan fingerprint density at radius 2 is 1.48 bits per heavy atom. The molecule has 0 radical (unpaired) electrons.